The maximum absolute atomic E-state index is 14.7. The molecule has 1 aromatic heterocycles. The predicted molar refractivity (Wildman–Crippen MR) is 357 cm³/mol. The van der Waals surface area contributed by atoms with Gasteiger partial charge in [0.1, 0.15) is 117 Å². The second-order valence-corrected chi connectivity index (χ2v) is 22.3. The number of aryl methyl sites for hydroxylation is 1. The Morgan fingerprint density at radius 3 is 0.853 bits per heavy atom. The molecule has 12 rings (SSSR count). The molecule has 0 radical (unpaired) electrons. The van der Waals surface area contributed by atoms with Gasteiger partial charge in [-0.05, 0) is 151 Å². The highest BCUT2D eigenvalue weighted by atomic mass is 16.5. The summed E-state index contributed by atoms with van der Waals surface area (Å²) in [5, 5.41) is 11.9. The summed E-state index contributed by atoms with van der Waals surface area (Å²) >= 11 is 0. The van der Waals surface area contributed by atoms with Gasteiger partial charge in [-0.1, -0.05) is 36.4 Å². The molecule has 5 aliphatic rings. The van der Waals surface area contributed by atoms with Gasteiger partial charge in [0.25, 0.3) is 23.6 Å². The van der Waals surface area contributed by atoms with E-state index in [1.165, 1.54) is 6.07 Å². The Morgan fingerprint density at radius 2 is 0.589 bits per heavy atom. The Hall–Kier alpha value is -9.41. The van der Waals surface area contributed by atoms with Crippen LogP contribution in [0.2, 0.25) is 0 Å². The molecule has 0 fully saturated rings. The zero-order chi connectivity index (χ0) is 66.6. The molecule has 7 aromatic rings. The number of aromatic nitrogens is 1. The van der Waals surface area contributed by atoms with Crippen LogP contribution in [0.4, 0.5) is 0 Å². The third-order valence-corrected chi connectivity index (χ3v) is 15.4. The minimum absolute atomic E-state index is 0.160. The van der Waals surface area contributed by atoms with Crippen LogP contribution < -0.4 is 63.7 Å². The maximum atomic E-state index is 14.7. The first-order valence-corrected chi connectivity index (χ1v) is 32.7. The van der Waals surface area contributed by atoms with Crippen molar-refractivity contribution in [1.29, 1.82) is 0 Å². The average molecular weight is 1300 g/mol. The molecule has 0 saturated heterocycles. The van der Waals surface area contributed by atoms with Crippen molar-refractivity contribution in [2.45, 2.75) is 53.4 Å². The van der Waals surface area contributed by atoms with E-state index in [2.05, 4.69) is 21.3 Å². The molecule has 1 aliphatic carbocycles. The number of para-hydroxylation sites is 2. The van der Waals surface area contributed by atoms with Gasteiger partial charge in [-0.3, -0.25) is 19.2 Å². The molecule has 21 nitrogen and oxygen atoms in total. The van der Waals surface area contributed by atoms with Crippen molar-refractivity contribution in [1.82, 2.24) is 21.3 Å². The average Bonchev–Trinajstić information content (AvgIpc) is 0.798. The number of fused-ring (bicyclic) bond motifs is 2. The molecule has 4 aliphatic heterocycles. The summed E-state index contributed by atoms with van der Waals surface area (Å²) in [5.41, 5.74) is 7.66. The van der Waals surface area contributed by atoms with Gasteiger partial charge in [0.15, 0.2) is 12.4 Å². The summed E-state index contributed by atoms with van der Waals surface area (Å²) in [6.07, 6.45) is 4.40. The van der Waals surface area contributed by atoms with Crippen LogP contribution in [0, 0.1) is 0 Å². The molecular weight excluding hydrogens is 1210 g/mol. The normalized spacial score (nSPS) is 14.2. The van der Waals surface area contributed by atoms with Crippen molar-refractivity contribution in [2.75, 3.05) is 132 Å². The first-order valence-electron chi connectivity index (χ1n) is 32.7. The summed E-state index contributed by atoms with van der Waals surface area (Å²) in [7, 11) is 1.74. The van der Waals surface area contributed by atoms with E-state index in [0.717, 1.165) is 44.5 Å². The number of amides is 4. The number of nitrogens with one attached hydrogen (secondary N) is 4. The van der Waals surface area contributed by atoms with Gasteiger partial charge in [-0.15, -0.1) is 0 Å². The van der Waals surface area contributed by atoms with Crippen molar-refractivity contribution >= 4 is 23.6 Å². The van der Waals surface area contributed by atoms with E-state index < -0.39 is 0 Å². The van der Waals surface area contributed by atoms with Crippen molar-refractivity contribution in [2.24, 2.45) is 7.05 Å². The highest BCUT2D eigenvalue weighted by molar-refractivity contribution is 5.99. The Bertz CT molecular complexity index is 3330. The number of ether oxygens (including phenoxy) is 12. The van der Waals surface area contributed by atoms with Gasteiger partial charge in [0.2, 0.25) is 0 Å². The first-order chi connectivity index (χ1) is 46.5. The topological polar surface area (TPSA) is 231 Å². The molecule has 95 heavy (non-hydrogen) atoms. The number of pyridine rings is 1. The van der Waals surface area contributed by atoms with E-state index in [9.17, 15) is 19.2 Å². The predicted octanol–water partition coefficient (Wildman–Crippen LogP) is 8.40. The van der Waals surface area contributed by atoms with Crippen LogP contribution in [0.15, 0.2) is 128 Å². The minimum atomic E-state index is -0.368. The number of carbonyl (C=O) groups is 4. The third kappa shape index (κ3) is 20.8. The Kier molecular flexibility index (Phi) is 27.1. The van der Waals surface area contributed by atoms with Crippen molar-refractivity contribution in [3.63, 3.8) is 0 Å². The van der Waals surface area contributed by atoms with Gasteiger partial charge < -0.3 is 78.1 Å². The number of rotatable bonds is 20. The van der Waals surface area contributed by atoms with Gasteiger partial charge in [0.05, 0.1) is 52.6 Å². The van der Waals surface area contributed by atoms with E-state index in [4.69, 9.17) is 56.8 Å². The van der Waals surface area contributed by atoms with Gasteiger partial charge >= 0.3 is 0 Å². The van der Waals surface area contributed by atoms with E-state index in [1.807, 2.05) is 88.4 Å². The molecule has 0 unspecified atom stereocenters. The molecule has 4 N–H and O–H groups in total. The van der Waals surface area contributed by atoms with Gasteiger partial charge in [-0.2, -0.15) is 0 Å². The molecule has 6 aromatic carbocycles. The van der Waals surface area contributed by atoms with E-state index in [0.29, 0.717) is 121 Å². The highest BCUT2D eigenvalue weighted by Crippen LogP contribution is 2.40. The van der Waals surface area contributed by atoms with Crippen LogP contribution in [-0.2, 0) is 51.7 Å². The summed E-state index contributed by atoms with van der Waals surface area (Å²) in [4.78, 5) is 55.9. The van der Waals surface area contributed by atoms with Gasteiger partial charge in [0, 0.05) is 63.2 Å². The summed E-state index contributed by atoms with van der Waals surface area (Å²) in [6, 6.07) is 35.3. The number of hydrogen-bond acceptors (Lipinski definition) is 16. The lowest BCUT2D eigenvalue weighted by Crippen LogP contribution is -2.36. The fourth-order valence-electron chi connectivity index (χ4n) is 11.1. The molecule has 4 amide bonds. The standard InChI is InChI=1S/C74H87N5O16/c1-6-84-32-36-92-67-51-12-10-13-52(67)41-56-45-60-47-58(70(56)95-39-35-87-9-4)43-54-15-11-14-53(68(54)93-37-33-85-7-2)42-57-46-59(44-55(40-51)69(57)94-38-34-86-8-3)71(80)75-24-28-88-63-16-20-65(21-17-63)90-30-26-77-73(82)61-48-62(50-79(5)49-61)74(83)78-27-31-91-66-22-18-64(19-23-66)89-29-25-76-72(60)81/h10-23,44-50H,6-9,24-43H2,1-5H3,(H3-,75,76,77,78,80,81,82,83)/p+1. The SMILES string of the molecule is CCOCCOc1c2cccc1Cc1cc3cc(c1OCCOCC)Cc1cccc(c1OCCOCC)Cc1cc(cc(c1OCCOCC)C2)C(=O)NCCOc1ccc(cc1)OCCNC(=O)c1cc(c[n+](C)c1)C(=O)NCCOc1ccc(cc1)OCCNC3=O. The molecule has 0 saturated carbocycles. The number of hydrogen-bond donors (Lipinski definition) is 4. The Labute approximate surface area is 555 Å². The highest BCUT2D eigenvalue weighted by Gasteiger charge is 2.26. The maximum Gasteiger partial charge on any atom is 0.257 e. The smallest absolute Gasteiger partial charge is 0.257 e. The Balaban J connectivity index is 1.10. The number of carbonyl (C=O) groups excluding carboxylic acids is 4. The minimum Gasteiger partial charge on any atom is -0.492 e. The van der Waals surface area contributed by atoms with E-state index >= 15 is 0 Å². The van der Waals surface area contributed by atoms with Crippen LogP contribution in [-0.4, -0.2) is 156 Å². The third-order valence-electron chi connectivity index (χ3n) is 15.4. The Morgan fingerprint density at radius 1 is 0.337 bits per heavy atom. The quantitative estimate of drug-likeness (QED) is 0.0415. The summed E-state index contributed by atoms with van der Waals surface area (Å²) in [5.74, 6) is 3.33. The second kappa shape index (κ2) is 36.9. The fraction of sp³-hybridized carbons (Fsp3) is 0.392. The molecule has 21 heteroatoms. The van der Waals surface area contributed by atoms with Crippen molar-refractivity contribution < 1.29 is 80.6 Å². The largest absolute Gasteiger partial charge is 0.492 e. The monoisotopic (exact) mass is 1300 g/mol. The lowest BCUT2D eigenvalue weighted by atomic mass is 9.89. The molecule has 0 spiro atoms. The van der Waals surface area contributed by atoms with Crippen LogP contribution in [0.5, 0.6) is 46.0 Å². The van der Waals surface area contributed by atoms with Crippen LogP contribution in [0.25, 0.3) is 0 Å². The number of benzene rings is 6. The van der Waals surface area contributed by atoms with Crippen molar-refractivity contribution in [3.8, 4) is 46.0 Å². The second-order valence-electron chi connectivity index (χ2n) is 22.3. The van der Waals surface area contributed by atoms with Crippen LogP contribution in [0.1, 0.15) is 114 Å². The van der Waals surface area contributed by atoms with E-state index in [-0.39, 0.29) is 128 Å². The fourth-order valence-corrected chi connectivity index (χ4v) is 11.1. The lowest BCUT2D eigenvalue weighted by molar-refractivity contribution is -0.671. The number of nitrogens with zero attached hydrogens (tertiary/aromatic N) is 1. The molecule has 0 atom stereocenters. The van der Waals surface area contributed by atoms with Crippen molar-refractivity contribution in [3.05, 3.63) is 194 Å². The van der Waals surface area contributed by atoms with Crippen LogP contribution in [0.3, 0.4) is 0 Å². The molecular formula is C74H88N5O16+. The molecule has 504 valence electrons. The summed E-state index contributed by atoms with van der Waals surface area (Å²) < 4.78 is 76.3. The lowest BCUT2D eigenvalue weighted by Gasteiger charge is -2.24. The van der Waals surface area contributed by atoms with E-state index in [1.54, 1.807) is 72.5 Å². The van der Waals surface area contributed by atoms with Crippen LogP contribution >= 0.6 is 0 Å². The molecule has 16 bridgehead atoms. The zero-order valence-corrected chi connectivity index (χ0v) is 55.1. The summed E-state index contributed by atoms with van der Waals surface area (Å²) in [6.45, 7) is 13.5. The van der Waals surface area contributed by atoms with Gasteiger partial charge in [-0.25, -0.2) is 4.57 Å². The molecule has 5 heterocycles. The first kappa shape index (κ1) is 69.9. The zero-order valence-electron chi connectivity index (χ0n) is 55.1.